The van der Waals surface area contributed by atoms with Gasteiger partial charge in [-0.15, -0.1) is 0 Å². The highest BCUT2D eigenvalue weighted by Gasteiger charge is 2.31. The first-order valence-corrected chi connectivity index (χ1v) is 8.48. The van der Waals surface area contributed by atoms with Gasteiger partial charge in [-0.05, 0) is 55.7 Å². The van der Waals surface area contributed by atoms with Crippen LogP contribution in [0, 0.1) is 12.7 Å². The van der Waals surface area contributed by atoms with Crippen LogP contribution in [-0.2, 0) is 9.53 Å². The molecule has 0 atom stereocenters. The first-order valence-electron chi connectivity index (χ1n) is 8.48. The summed E-state index contributed by atoms with van der Waals surface area (Å²) in [5.41, 5.74) is 1.52. The molecule has 1 N–H and O–H groups in total. The molecule has 0 unspecified atom stereocenters. The van der Waals surface area contributed by atoms with Crippen molar-refractivity contribution in [1.29, 1.82) is 0 Å². The lowest BCUT2D eigenvalue weighted by atomic mass is 10.1. The molecule has 2 amide bonds. The van der Waals surface area contributed by atoms with E-state index in [1.165, 1.54) is 30.2 Å². The molecule has 7 heteroatoms. The fraction of sp³-hybridized carbons (Fsp3) is 0.250. The Kier molecular flexibility index (Phi) is 5.21. The molecule has 0 heterocycles. The van der Waals surface area contributed by atoms with E-state index in [0.29, 0.717) is 23.3 Å². The summed E-state index contributed by atoms with van der Waals surface area (Å²) in [5, 5.41) is 2.57. The molecule has 2 aromatic rings. The normalized spacial score (nSPS) is 13.0. The largest absolute Gasteiger partial charge is 0.465 e. The Hall–Kier alpha value is -3.22. The molecule has 0 aromatic heterocycles. The molecule has 140 valence electrons. The van der Waals surface area contributed by atoms with Crippen LogP contribution in [0.25, 0.3) is 0 Å². The van der Waals surface area contributed by atoms with E-state index in [1.807, 2.05) is 0 Å². The lowest BCUT2D eigenvalue weighted by molar-refractivity contribution is -0.107. The van der Waals surface area contributed by atoms with Gasteiger partial charge in [0.15, 0.2) is 0 Å². The molecular formula is C20H19FN2O4. The number of methoxy groups -OCH3 is 1. The van der Waals surface area contributed by atoms with Crippen LogP contribution in [0.2, 0.25) is 0 Å². The number of amides is 2. The van der Waals surface area contributed by atoms with Gasteiger partial charge in [0.1, 0.15) is 5.82 Å². The van der Waals surface area contributed by atoms with Crippen LogP contribution in [-0.4, -0.2) is 31.4 Å². The van der Waals surface area contributed by atoms with Gasteiger partial charge in [-0.1, -0.05) is 6.07 Å². The van der Waals surface area contributed by atoms with Gasteiger partial charge in [-0.3, -0.25) is 9.59 Å². The van der Waals surface area contributed by atoms with Crippen molar-refractivity contribution in [1.82, 2.24) is 0 Å². The van der Waals surface area contributed by atoms with Crippen LogP contribution < -0.4 is 10.2 Å². The Morgan fingerprint density at radius 1 is 1.26 bits per heavy atom. The topological polar surface area (TPSA) is 75.7 Å². The number of rotatable bonds is 6. The molecule has 6 nitrogen and oxygen atoms in total. The number of anilines is 2. The minimum absolute atomic E-state index is 0.0966. The number of hydrogen-bond acceptors (Lipinski definition) is 4. The third kappa shape index (κ3) is 3.97. The number of ether oxygens (including phenoxy) is 1. The number of halogens is 1. The van der Waals surface area contributed by atoms with Gasteiger partial charge in [0.2, 0.25) is 6.41 Å². The maximum Gasteiger partial charge on any atom is 0.337 e. The second-order valence-corrected chi connectivity index (χ2v) is 6.39. The molecule has 0 spiro atoms. The van der Waals surface area contributed by atoms with Gasteiger partial charge in [-0.2, -0.15) is 0 Å². The summed E-state index contributed by atoms with van der Waals surface area (Å²) in [6.45, 7) is 1.69. The van der Waals surface area contributed by atoms with Crippen LogP contribution in [0.5, 0.6) is 0 Å². The van der Waals surface area contributed by atoms with E-state index in [0.717, 1.165) is 12.8 Å². The number of esters is 1. The molecule has 0 saturated heterocycles. The van der Waals surface area contributed by atoms with Crippen molar-refractivity contribution in [2.24, 2.45) is 0 Å². The van der Waals surface area contributed by atoms with Crippen molar-refractivity contribution in [3.8, 4) is 0 Å². The number of nitrogens with zero attached hydrogens (tertiary/aromatic N) is 1. The van der Waals surface area contributed by atoms with Crippen molar-refractivity contribution >= 4 is 29.7 Å². The Labute approximate surface area is 155 Å². The van der Waals surface area contributed by atoms with Gasteiger partial charge in [0, 0.05) is 17.4 Å². The SMILES string of the molecule is COC(=O)c1cccc(NC(=O)c2cc(N(C=O)C3CC3)c(C)cc2F)c1. The van der Waals surface area contributed by atoms with Crippen molar-refractivity contribution in [2.45, 2.75) is 25.8 Å². The highest BCUT2D eigenvalue weighted by Crippen LogP contribution is 2.33. The van der Waals surface area contributed by atoms with Crippen LogP contribution in [0.4, 0.5) is 15.8 Å². The molecule has 27 heavy (non-hydrogen) atoms. The van der Waals surface area contributed by atoms with Gasteiger partial charge < -0.3 is 15.0 Å². The molecule has 1 fully saturated rings. The lowest BCUT2D eigenvalue weighted by Crippen LogP contribution is -2.25. The zero-order chi connectivity index (χ0) is 19.6. The number of carbonyl (C=O) groups excluding carboxylic acids is 3. The second-order valence-electron chi connectivity index (χ2n) is 6.39. The molecule has 1 aliphatic carbocycles. The van der Waals surface area contributed by atoms with Gasteiger partial charge in [0.25, 0.3) is 5.91 Å². The van der Waals surface area contributed by atoms with E-state index in [2.05, 4.69) is 10.1 Å². The monoisotopic (exact) mass is 370 g/mol. The van der Waals surface area contributed by atoms with Gasteiger partial charge in [0.05, 0.1) is 18.2 Å². The van der Waals surface area contributed by atoms with Crippen molar-refractivity contribution < 1.29 is 23.5 Å². The maximum absolute atomic E-state index is 14.4. The van der Waals surface area contributed by atoms with Crippen LogP contribution in [0.3, 0.4) is 0 Å². The minimum atomic E-state index is -0.681. The fourth-order valence-corrected chi connectivity index (χ4v) is 2.85. The maximum atomic E-state index is 14.4. The first-order chi connectivity index (χ1) is 12.9. The molecule has 1 saturated carbocycles. The number of aryl methyl sites for hydroxylation is 1. The molecular weight excluding hydrogens is 351 g/mol. The Balaban J connectivity index is 1.88. The third-order valence-corrected chi connectivity index (χ3v) is 4.40. The van der Waals surface area contributed by atoms with E-state index >= 15 is 0 Å². The predicted octanol–water partition coefficient (Wildman–Crippen LogP) is 3.30. The number of nitrogens with one attached hydrogen (secondary N) is 1. The fourth-order valence-electron chi connectivity index (χ4n) is 2.85. The van der Waals surface area contributed by atoms with E-state index < -0.39 is 17.7 Å². The van der Waals surface area contributed by atoms with Crippen LogP contribution >= 0.6 is 0 Å². The highest BCUT2D eigenvalue weighted by molar-refractivity contribution is 6.06. The number of hydrogen-bond donors (Lipinski definition) is 1. The van der Waals surface area contributed by atoms with E-state index in [4.69, 9.17) is 0 Å². The summed E-state index contributed by atoms with van der Waals surface area (Å²) in [4.78, 5) is 37.1. The van der Waals surface area contributed by atoms with E-state index in [-0.39, 0.29) is 17.2 Å². The summed E-state index contributed by atoms with van der Waals surface area (Å²) in [7, 11) is 1.26. The zero-order valence-electron chi connectivity index (χ0n) is 15.0. The van der Waals surface area contributed by atoms with E-state index in [9.17, 15) is 18.8 Å². The third-order valence-electron chi connectivity index (χ3n) is 4.40. The smallest absolute Gasteiger partial charge is 0.337 e. The second kappa shape index (κ2) is 7.57. The zero-order valence-corrected chi connectivity index (χ0v) is 15.0. The van der Waals surface area contributed by atoms with Crippen molar-refractivity contribution in [2.75, 3.05) is 17.3 Å². The number of carbonyl (C=O) groups is 3. The summed E-state index contributed by atoms with van der Waals surface area (Å²) >= 11 is 0. The van der Waals surface area contributed by atoms with Crippen LogP contribution in [0.1, 0.15) is 39.1 Å². The molecule has 3 rings (SSSR count). The Morgan fingerprint density at radius 3 is 2.63 bits per heavy atom. The molecule has 0 radical (unpaired) electrons. The summed E-state index contributed by atoms with van der Waals surface area (Å²) in [6.07, 6.45) is 2.48. The lowest BCUT2D eigenvalue weighted by Gasteiger charge is -2.20. The van der Waals surface area contributed by atoms with Gasteiger partial charge >= 0.3 is 5.97 Å². The standard InChI is InChI=1S/C20H19FN2O4/c1-12-8-17(21)16(10-18(12)23(11-24)15-6-7-15)19(25)22-14-5-3-4-13(9-14)20(26)27-2/h3-5,8-11,15H,6-7H2,1-2H3,(H,22,25). The predicted molar refractivity (Wildman–Crippen MR) is 98.4 cm³/mol. The highest BCUT2D eigenvalue weighted by atomic mass is 19.1. The van der Waals surface area contributed by atoms with Crippen LogP contribution in [0.15, 0.2) is 36.4 Å². The summed E-state index contributed by atoms with van der Waals surface area (Å²) < 4.78 is 19.0. The molecule has 2 aromatic carbocycles. The van der Waals surface area contributed by atoms with Crippen molar-refractivity contribution in [3.05, 3.63) is 58.9 Å². The summed E-state index contributed by atoms with van der Waals surface area (Å²) in [6, 6.07) is 8.88. The quantitative estimate of drug-likeness (QED) is 0.625. The van der Waals surface area contributed by atoms with E-state index in [1.54, 1.807) is 25.1 Å². The minimum Gasteiger partial charge on any atom is -0.465 e. The Bertz CT molecular complexity index is 909. The average Bonchev–Trinajstić information content (AvgIpc) is 3.48. The molecule has 0 aliphatic heterocycles. The molecule has 0 bridgehead atoms. The molecule has 1 aliphatic rings. The Morgan fingerprint density at radius 2 is 2.00 bits per heavy atom. The average molecular weight is 370 g/mol. The van der Waals surface area contributed by atoms with Gasteiger partial charge in [-0.25, -0.2) is 9.18 Å². The summed E-state index contributed by atoms with van der Waals surface area (Å²) in [5.74, 6) is -1.89. The van der Waals surface area contributed by atoms with Crippen molar-refractivity contribution in [3.63, 3.8) is 0 Å². The first kappa shape index (κ1) is 18.6. The number of benzene rings is 2.